The Bertz CT molecular complexity index is 320. The molecule has 15 heavy (non-hydrogen) atoms. The summed E-state index contributed by atoms with van der Waals surface area (Å²) in [5.41, 5.74) is 0. The Kier molecular flexibility index (Phi) is 4.96. The van der Waals surface area contributed by atoms with Crippen molar-refractivity contribution in [2.24, 2.45) is 0 Å². The van der Waals surface area contributed by atoms with Crippen molar-refractivity contribution in [3.05, 3.63) is 27.2 Å². The zero-order chi connectivity index (χ0) is 11.4. The van der Waals surface area contributed by atoms with Crippen molar-refractivity contribution >= 4 is 34.8 Å². The smallest absolute Gasteiger partial charge is 0.122 e. The van der Waals surface area contributed by atoms with Gasteiger partial charge < -0.3 is 14.9 Å². The van der Waals surface area contributed by atoms with Crippen LogP contribution in [-0.4, -0.2) is 29.5 Å². The van der Waals surface area contributed by atoms with Gasteiger partial charge in [-0.3, -0.25) is 0 Å². The number of halogens is 3. The number of hydrogen-bond acceptors (Lipinski definition) is 3. The third kappa shape index (κ3) is 3.70. The van der Waals surface area contributed by atoms with Crippen molar-refractivity contribution in [2.45, 2.75) is 6.10 Å². The third-order valence-corrected chi connectivity index (χ3v) is 2.81. The van der Waals surface area contributed by atoms with Crippen molar-refractivity contribution in [1.82, 2.24) is 0 Å². The topological polar surface area (TPSA) is 49.7 Å². The molecule has 0 aliphatic carbocycles. The number of ether oxygens (including phenoxy) is 1. The molecule has 3 nitrogen and oxygen atoms in total. The lowest BCUT2D eigenvalue weighted by Crippen LogP contribution is -2.21. The zero-order valence-corrected chi connectivity index (χ0v) is 9.85. The Morgan fingerprint density at radius 1 is 1.20 bits per heavy atom. The highest BCUT2D eigenvalue weighted by Gasteiger charge is 2.08. The van der Waals surface area contributed by atoms with Crippen LogP contribution in [0, 0.1) is 0 Å². The number of hydrogen-bond donors (Lipinski definition) is 2. The molecule has 0 heterocycles. The summed E-state index contributed by atoms with van der Waals surface area (Å²) in [5.74, 6) is 0.391. The highest BCUT2D eigenvalue weighted by Crippen LogP contribution is 2.34. The molecule has 2 N–H and O–H groups in total. The van der Waals surface area contributed by atoms with E-state index in [4.69, 9.17) is 49.8 Å². The van der Waals surface area contributed by atoms with Gasteiger partial charge in [-0.05, 0) is 0 Å². The average molecular weight is 272 g/mol. The van der Waals surface area contributed by atoms with Crippen LogP contribution in [0.5, 0.6) is 5.75 Å². The van der Waals surface area contributed by atoms with Crippen LogP contribution in [0.2, 0.25) is 15.1 Å². The maximum Gasteiger partial charge on any atom is 0.122 e. The molecule has 6 heteroatoms. The first-order valence-electron chi connectivity index (χ1n) is 4.11. The SMILES string of the molecule is OCC(O)COc1cc(Cl)c(Cl)c(Cl)c1. The van der Waals surface area contributed by atoms with Crippen LogP contribution >= 0.6 is 34.8 Å². The van der Waals surface area contributed by atoms with Crippen molar-refractivity contribution in [1.29, 1.82) is 0 Å². The van der Waals surface area contributed by atoms with Crippen LogP contribution in [0.25, 0.3) is 0 Å². The first-order valence-corrected chi connectivity index (χ1v) is 5.24. The molecule has 84 valence electrons. The molecule has 1 aromatic rings. The van der Waals surface area contributed by atoms with Crippen molar-refractivity contribution in [2.75, 3.05) is 13.2 Å². The standard InChI is InChI=1S/C9H9Cl3O3/c10-7-1-6(2-8(11)9(7)12)15-4-5(14)3-13/h1-2,5,13-14H,3-4H2. The molecule has 1 rings (SSSR count). The fourth-order valence-electron chi connectivity index (χ4n) is 0.861. The summed E-state index contributed by atoms with van der Waals surface area (Å²) in [6.07, 6.45) is -0.932. The Morgan fingerprint density at radius 3 is 2.20 bits per heavy atom. The van der Waals surface area contributed by atoms with Gasteiger partial charge in [0.1, 0.15) is 18.5 Å². The molecule has 0 fully saturated rings. The van der Waals surface area contributed by atoms with Crippen LogP contribution in [-0.2, 0) is 0 Å². The summed E-state index contributed by atoms with van der Waals surface area (Å²) in [7, 11) is 0. The molecule has 0 saturated carbocycles. The number of aliphatic hydroxyl groups is 2. The Labute approximate surface area is 102 Å². The van der Waals surface area contributed by atoms with Crippen LogP contribution in [0.3, 0.4) is 0 Å². The minimum Gasteiger partial charge on any atom is -0.491 e. The predicted molar refractivity (Wildman–Crippen MR) is 60.1 cm³/mol. The maximum atomic E-state index is 9.05. The molecule has 0 aromatic heterocycles. The van der Waals surface area contributed by atoms with Gasteiger partial charge in [0.15, 0.2) is 0 Å². The molecule has 1 aromatic carbocycles. The third-order valence-electron chi connectivity index (χ3n) is 1.61. The van der Waals surface area contributed by atoms with Crippen LogP contribution in [0.1, 0.15) is 0 Å². The second-order valence-corrected chi connectivity index (χ2v) is 4.04. The molecule has 0 amide bonds. The quantitative estimate of drug-likeness (QED) is 0.827. The van der Waals surface area contributed by atoms with Gasteiger partial charge in [0.05, 0.1) is 21.7 Å². The van der Waals surface area contributed by atoms with E-state index >= 15 is 0 Å². The van der Waals surface area contributed by atoms with Crippen LogP contribution in [0.15, 0.2) is 12.1 Å². The lowest BCUT2D eigenvalue weighted by atomic mass is 10.3. The minimum absolute atomic E-state index is 0.0369. The lowest BCUT2D eigenvalue weighted by Gasteiger charge is -2.11. The molecule has 0 aliphatic heterocycles. The van der Waals surface area contributed by atoms with Crippen molar-refractivity contribution < 1.29 is 14.9 Å². The second-order valence-electron chi connectivity index (χ2n) is 2.85. The normalized spacial score (nSPS) is 12.6. The maximum absolute atomic E-state index is 9.05. The fourth-order valence-corrected chi connectivity index (χ4v) is 1.44. The van der Waals surface area contributed by atoms with E-state index in [2.05, 4.69) is 0 Å². The van der Waals surface area contributed by atoms with E-state index in [0.29, 0.717) is 5.75 Å². The summed E-state index contributed by atoms with van der Waals surface area (Å²) in [6.45, 7) is -0.403. The van der Waals surface area contributed by atoms with E-state index in [9.17, 15) is 0 Å². The van der Waals surface area contributed by atoms with Crippen LogP contribution in [0.4, 0.5) is 0 Å². The van der Waals surface area contributed by atoms with E-state index < -0.39 is 6.10 Å². The largest absolute Gasteiger partial charge is 0.491 e. The van der Waals surface area contributed by atoms with Crippen LogP contribution < -0.4 is 4.74 Å². The van der Waals surface area contributed by atoms with Gasteiger partial charge in [-0.1, -0.05) is 34.8 Å². The summed E-state index contributed by atoms with van der Waals surface area (Å²) >= 11 is 17.3. The van der Waals surface area contributed by atoms with Gasteiger partial charge in [-0.25, -0.2) is 0 Å². The molecule has 1 atom stereocenters. The molecule has 0 saturated heterocycles. The van der Waals surface area contributed by atoms with E-state index in [1.54, 1.807) is 0 Å². The molecule has 0 radical (unpaired) electrons. The Balaban J connectivity index is 2.70. The first-order chi connectivity index (χ1) is 7.04. The molecular weight excluding hydrogens is 262 g/mol. The average Bonchev–Trinajstić information content (AvgIpc) is 2.22. The lowest BCUT2D eigenvalue weighted by molar-refractivity contribution is 0.0536. The van der Waals surface area contributed by atoms with Gasteiger partial charge in [-0.15, -0.1) is 0 Å². The summed E-state index contributed by atoms with van der Waals surface area (Å²) in [5, 5.41) is 18.4. The number of rotatable bonds is 4. The fraction of sp³-hybridized carbons (Fsp3) is 0.333. The van der Waals surface area contributed by atoms with Crippen molar-refractivity contribution in [3.8, 4) is 5.75 Å². The monoisotopic (exact) mass is 270 g/mol. The number of aliphatic hydroxyl groups excluding tert-OH is 2. The van der Waals surface area contributed by atoms with Crippen molar-refractivity contribution in [3.63, 3.8) is 0 Å². The van der Waals surface area contributed by atoms with E-state index in [1.165, 1.54) is 12.1 Å². The zero-order valence-electron chi connectivity index (χ0n) is 7.58. The summed E-state index contributed by atoms with van der Waals surface area (Å²) < 4.78 is 5.14. The van der Waals surface area contributed by atoms with Gasteiger partial charge in [-0.2, -0.15) is 0 Å². The molecule has 1 unspecified atom stereocenters. The summed E-state index contributed by atoms with van der Waals surface area (Å²) in [4.78, 5) is 0. The van der Waals surface area contributed by atoms with E-state index in [1.807, 2.05) is 0 Å². The highest BCUT2D eigenvalue weighted by atomic mass is 35.5. The first kappa shape index (κ1) is 12.9. The van der Waals surface area contributed by atoms with Gasteiger partial charge in [0.2, 0.25) is 0 Å². The summed E-state index contributed by atoms with van der Waals surface area (Å²) in [6, 6.07) is 2.97. The van der Waals surface area contributed by atoms with E-state index in [0.717, 1.165) is 0 Å². The molecule has 0 spiro atoms. The van der Waals surface area contributed by atoms with Gasteiger partial charge >= 0.3 is 0 Å². The van der Waals surface area contributed by atoms with Gasteiger partial charge in [0, 0.05) is 12.1 Å². The Hall–Kier alpha value is -0.190. The minimum atomic E-state index is -0.932. The number of benzene rings is 1. The molecule has 0 aliphatic rings. The second kappa shape index (κ2) is 5.77. The Morgan fingerprint density at radius 2 is 1.73 bits per heavy atom. The van der Waals surface area contributed by atoms with Gasteiger partial charge in [0.25, 0.3) is 0 Å². The van der Waals surface area contributed by atoms with E-state index in [-0.39, 0.29) is 28.3 Å². The highest BCUT2D eigenvalue weighted by molar-refractivity contribution is 6.48. The molecule has 0 bridgehead atoms. The molecular formula is C9H9Cl3O3. The predicted octanol–water partition coefficient (Wildman–Crippen LogP) is 2.38.